The van der Waals surface area contributed by atoms with Gasteiger partial charge in [0.2, 0.25) is 5.75 Å². The van der Waals surface area contributed by atoms with Gasteiger partial charge in [-0.2, -0.15) is 0 Å². The number of halogens is 1. The fraction of sp³-hybridized carbons (Fsp3) is 0.333. The van der Waals surface area contributed by atoms with E-state index >= 15 is 0 Å². The first-order chi connectivity index (χ1) is 7.69. The van der Waals surface area contributed by atoms with Gasteiger partial charge in [-0.05, 0) is 17.7 Å². The average molecular weight is 287 g/mol. The van der Waals surface area contributed by atoms with Crippen LogP contribution in [0.15, 0.2) is 18.7 Å². The molecule has 0 radical (unpaired) electrons. The van der Waals surface area contributed by atoms with Gasteiger partial charge in [-0.1, -0.05) is 22.5 Å². The van der Waals surface area contributed by atoms with Crippen LogP contribution in [-0.4, -0.2) is 26.7 Å². The van der Waals surface area contributed by atoms with Crippen LogP contribution in [-0.2, 0) is 0 Å². The maximum atomic E-state index is 5.35. The van der Waals surface area contributed by atoms with E-state index in [4.69, 9.17) is 14.2 Å². The Morgan fingerprint density at radius 1 is 1.12 bits per heavy atom. The molecule has 0 aliphatic carbocycles. The molecule has 4 heteroatoms. The molecule has 0 spiro atoms. The normalized spacial score (nSPS) is 9.75. The highest BCUT2D eigenvalue weighted by molar-refractivity contribution is 9.09. The molecule has 0 fully saturated rings. The smallest absolute Gasteiger partial charge is 0.203 e. The lowest BCUT2D eigenvalue weighted by Gasteiger charge is -2.16. The van der Waals surface area contributed by atoms with E-state index < -0.39 is 0 Å². The molecule has 0 saturated carbocycles. The second-order valence-electron chi connectivity index (χ2n) is 3.12. The molecule has 0 aromatic heterocycles. The van der Waals surface area contributed by atoms with Crippen LogP contribution in [0.1, 0.15) is 5.56 Å². The maximum Gasteiger partial charge on any atom is 0.203 e. The minimum Gasteiger partial charge on any atom is -0.493 e. The van der Waals surface area contributed by atoms with E-state index in [1.165, 1.54) is 0 Å². The lowest BCUT2D eigenvalue weighted by molar-refractivity contribution is 0.324. The Morgan fingerprint density at radius 2 is 1.75 bits per heavy atom. The van der Waals surface area contributed by atoms with Crippen molar-refractivity contribution in [1.29, 1.82) is 0 Å². The van der Waals surface area contributed by atoms with Gasteiger partial charge >= 0.3 is 0 Å². The van der Waals surface area contributed by atoms with Gasteiger partial charge in [-0.25, -0.2) is 0 Å². The van der Waals surface area contributed by atoms with Gasteiger partial charge in [-0.3, -0.25) is 0 Å². The van der Waals surface area contributed by atoms with E-state index in [0.29, 0.717) is 22.6 Å². The van der Waals surface area contributed by atoms with Crippen LogP contribution in [0.5, 0.6) is 17.2 Å². The summed E-state index contributed by atoms with van der Waals surface area (Å²) < 4.78 is 15.8. The molecule has 0 atom stereocenters. The standard InChI is InChI=1S/C12H15BrO3/c1-8(7-13)9-5-6-10(14-2)12(16-4)11(9)15-3/h5-6H,1,7H2,2-4H3. The number of allylic oxidation sites excluding steroid dienone is 1. The first-order valence-electron chi connectivity index (χ1n) is 4.72. The molecule has 1 aromatic carbocycles. The highest BCUT2D eigenvalue weighted by Crippen LogP contribution is 2.42. The third-order valence-corrected chi connectivity index (χ3v) is 2.92. The van der Waals surface area contributed by atoms with E-state index in [2.05, 4.69) is 22.5 Å². The van der Waals surface area contributed by atoms with Crippen LogP contribution in [0.3, 0.4) is 0 Å². The Morgan fingerprint density at radius 3 is 2.19 bits per heavy atom. The molecule has 0 heterocycles. The summed E-state index contributed by atoms with van der Waals surface area (Å²) in [5, 5.41) is 0.679. The van der Waals surface area contributed by atoms with Crippen LogP contribution >= 0.6 is 15.9 Å². The number of hydrogen-bond acceptors (Lipinski definition) is 3. The number of rotatable bonds is 5. The van der Waals surface area contributed by atoms with Crippen molar-refractivity contribution in [3.8, 4) is 17.2 Å². The average Bonchev–Trinajstić information content (AvgIpc) is 2.35. The summed E-state index contributed by atoms with van der Waals surface area (Å²) in [4.78, 5) is 0. The Hall–Kier alpha value is -1.16. The van der Waals surface area contributed by atoms with Crippen molar-refractivity contribution in [2.24, 2.45) is 0 Å². The predicted molar refractivity (Wildman–Crippen MR) is 68.9 cm³/mol. The van der Waals surface area contributed by atoms with Crippen molar-refractivity contribution in [3.63, 3.8) is 0 Å². The fourth-order valence-corrected chi connectivity index (χ4v) is 1.75. The van der Waals surface area contributed by atoms with Crippen molar-refractivity contribution in [2.45, 2.75) is 0 Å². The lowest BCUT2D eigenvalue weighted by atomic mass is 10.1. The van der Waals surface area contributed by atoms with E-state index in [1.54, 1.807) is 21.3 Å². The maximum absolute atomic E-state index is 5.35. The molecule has 0 unspecified atom stereocenters. The number of methoxy groups -OCH3 is 3. The summed E-state index contributed by atoms with van der Waals surface area (Å²) in [5.41, 5.74) is 1.84. The molecule has 3 nitrogen and oxygen atoms in total. The Balaban J connectivity index is 3.37. The molecule has 1 aromatic rings. The summed E-state index contributed by atoms with van der Waals surface area (Å²) in [6.07, 6.45) is 0. The number of alkyl halides is 1. The molecule has 0 aliphatic rings. The van der Waals surface area contributed by atoms with Crippen LogP contribution in [0.25, 0.3) is 5.57 Å². The highest BCUT2D eigenvalue weighted by atomic mass is 79.9. The molecule has 0 saturated heterocycles. The lowest BCUT2D eigenvalue weighted by Crippen LogP contribution is -1.98. The molecular weight excluding hydrogens is 272 g/mol. The van der Waals surface area contributed by atoms with Crippen molar-refractivity contribution >= 4 is 21.5 Å². The zero-order valence-electron chi connectivity index (χ0n) is 9.67. The second kappa shape index (κ2) is 5.80. The first kappa shape index (κ1) is 12.9. The third-order valence-electron chi connectivity index (χ3n) is 2.25. The summed E-state index contributed by atoms with van der Waals surface area (Å²) >= 11 is 3.37. The van der Waals surface area contributed by atoms with Crippen LogP contribution in [0.4, 0.5) is 0 Å². The number of hydrogen-bond donors (Lipinski definition) is 0. The largest absolute Gasteiger partial charge is 0.493 e. The van der Waals surface area contributed by atoms with Gasteiger partial charge in [0, 0.05) is 10.9 Å². The fourth-order valence-electron chi connectivity index (χ4n) is 1.45. The van der Waals surface area contributed by atoms with Gasteiger partial charge in [0.05, 0.1) is 21.3 Å². The summed E-state index contributed by atoms with van der Waals surface area (Å²) in [6.45, 7) is 3.96. The zero-order chi connectivity index (χ0) is 12.1. The van der Waals surface area contributed by atoms with Gasteiger partial charge in [0.25, 0.3) is 0 Å². The molecule has 16 heavy (non-hydrogen) atoms. The molecule has 0 bridgehead atoms. The van der Waals surface area contributed by atoms with Crippen molar-refractivity contribution in [3.05, 3.63) is 24.3 Å². The van der Waals surface area contributed by atoms with Gasteiger partial charge in [0.15, 0.2) is 11.5 Å². The minimum atomic E-state index is 0.588. The summed E-state index contributed by atoms with van der Waals surface area (Å²) in [5.74, 6) is 1.88. The topological polar surface area (TPSA) is 27.7 Å². The van der Waals surface area contributed by atoms with Gasteiger partial charge < -0.3 is 14.2 Å². The summed E-state index contributed by atoms with van der Waals surface area (Å²) in [6, 6.07) is 3.74. The molecule has 0 N–H and O–H groups in total. The predicted octanol–water partition coefficient (Wildman–Crippen LogP) is 3.12. The van der Waals surface area contributed by atoms with Gasteiger partial charge in [-0.15, -0.1) is 0 Å². The SMILES string of the molecule is C=C(CBr)c1ccc(OC)c(OC)c1OC. The molecule has 88 valence electrons. The van der Waals surface area contributed by atoms with Crippen molar-refractivity contribution < 1.29 is 14.2 Å². The second-order valence-corrected chi connectivity index (χ2v) is 3.68. The van der Waals surface area contributed by atoms with E-state index in [0.717, 1.165) is 11.1 Å². The van der Waals surface area contributed by atoms with Crippen LogP contribution < -0.4 is 14.2 Å². The first-order valence-corrected chi connectivity index (χ1v) is 5.84. The summed E-state index contributed by atoms with van der Waals surface area (Å²) in [7, 11) is 4.78. The number of ether oxygens (including phenoxy) is 3. The molecule has 0 amide bonds. The van der Waals surface area contributed by atoms with Crippen molar-refractivity contribution in [1.82, 2.24) is 0 Å². The minimum absolute atomic E-state index is 0.588. The Bertz CT molecular complexity index is 388. The quantitative estimate of drug-likeness (QED) is 0.779. The third kappa shape index (κ3) is 2.32. The van der Waals surface area contributed by atoms with E-state index in [9.17, 15) is 0 Å². The number of benzene rings is 1. The van der Waals surface area contributed by atoms with E-state index in [1.807, 2.05) is 12.1 Å². The monoisotopic (exact) mass is 286 g/mol. The Kier molecular flexibility index (Phi) is 4.68. The molecule has 1 rings (SSSR count). The van der Waals surface area contributed by atoms with Crippen LogP contribution in [0.2, 0.25) is 0 Å². The van der Waals surface area contributed by atoms with E-state index in [-0.39, 0.29) is 0 Å². The zero-order valence-corrected chi connectivity index (χ0v) is 11.3. The van der Waals surface area contributed by atoms with Crippen molar-refractivity contribution in [2.75, 3.05) is 26.7 Å². The molecule has 0 aliphatic heterocycles. The van der Waals surface area contributed by atoms with Gasteiger partial charge in [0.1, 0.15) is 0 Å². The highest BCUT2D eigenvalue weighted by Gasteiger charge is 2.16. The molecular formula is C12H15BrO3. The van der Waals surface area contributed by atoms with Crippen LogP contribution in [0, 0.1) is 0 Å². The Labute approximate surface area is 104 Å².